The molecule has 6 heteroatoms. The van der Waals surface area contributed by atoms with Crippen molar-refractivity contribution in [1.82, 2.24) is 24.6 Å². The number of piperidine rings is 1. The fraction of sp³-hybridized carbons (Fsp3) is 0.519. The Morgan fingerprint density at radius 1 is 1.03 bits per heavy atom. The van der Waals surface area contributed by atoms with Gasteiger partial charge in [0.05, 0.1) is 24.9 Å². The molecule has 1 aromatic carbocycles. The van der Waals surface area contributed by atoms with Gasteiger partial charge in [-0.3, -0.25) is 24.3 Å². The van der Waals surface area contributed by atoms with Crippen molar-refractivity contribution in [1.29, 1.82) is 0 Å². The van der Waals surface area contributed by atoms with Crippen LogP contribution in [0.15, 0.2) is 36.7 Å². The lowest BCUT2D eigenvalue weighted by Crippen LogP contribution is -2.33. The van der Waals surface area contributed by atoms with Crippen LogP contribution < -0.4 is 0 Å². The second kappa shape index (κ2) is 9.74. The van der Waals surface area contributed by atoms with Crippen LogP contribution in [0.1, 0.15) is 50.4 Å². The number of ketones is 1. The molecule has 5 rings (SSSR count). The quantitative estimate of drug-likeness (QED) is 0.545. The number of benzene rings is 1. The fourth-order valence-electron chi connectivity index (χ4n) is 5.38. The molecule has 0 bridgehead atoms. The minimum Gasteiger partial charge on any atom is -0.298 e. The molecule has 2 aliphatic heterocycles. The maximum absolute atomic E-state index is 12.7. The van der Waals surface area contributed by atoms with E-state index in [4.69, 9.17) is 0 Å². The number of aromatic nitrogens is 3. The lowest BCUT2D eigenvalue weighted by Gasteiger charge is -2.26. The number of pyridine rings is 1. The maximum Gasteiger partial charge on any atom is 0.152 e. The van der Waals surface area contributed by atoms with Gasteiger partial charge in [-0.15, -0.1) is 0 Å². The summed E-state index contributed by atoms with van der Waals surface area (Å²) in [6.45, 7) is 7.06. The van der Waals surface area contributed by atoms with Crippen LogP contribution in [0.4, 0.5) is 0 Å². The third-order valence-corrected chi connectivity index (χ3v) is 7.42. The molecule has 2 saturated heterocycles. The molecule has 3 aromatic rings. The number of Topliss-reactive ketones (excluding diaryl/α,β-unsaturated/α-hetero) is 1. The Kier molecular flexibility index (Phi) is 6.56. The second-order valence-electron chi connectivity index (χ2n) is 9.88. The van der Waals surface area contributed by atoms with Crippen molar-refractivity contribution in [2.75, 3.05) is 26.2 Å². The van der Waals surface area contributed by atoms with E-state index in [0.29, 0.717) is 19.0 Å². The minimum atomic E-state index is 0.253. The Balaban J connectivity index is 1.35. The van der Waals surface area contributed by atoms with Crippen LogP contribution >= 0.6 is 0 Å². The molecule has 0 radical (unpaired) electrons. The van der Waals surface area contributed by atoms with E-state index in [1.807, 2.05) is 24.1 Å². The van der Waals surface area contributed by atoms with Gasteiger partial charge in [-0.25, -0.2) is 0 Å². The SMILES string of the molecule is C[C@H]1CCCN1CC(=O)Cc1cc2cc(-c3cnn(C)c3CN3CCCCC3)ccc2cn1. The fourth-order valence-corrected chi connectivity index (χ4v) is 5.38. The summed E-state index contributed by atoms with van der Waals surface area (Å²) in [7, 11) is 2.04. The van der Waals surface area contributed by atoms with Gasteiger partial charge in [0.15, 0.2) is 5.78 Å². The largest absolute Gasteiger partial charge is 0.298 e. The number of aryl methyl sites for hydroxylation is 1. The Bertz CT molecular complexity index is 1130. The molecular weight excluding hydrogens is 410 g/mol. The van der Waals surface area contributed by atoms with Gasteiger partial charge < -0.3 is 0 Å². The Morgan fingerprint density at radius 3 is 2.67 bits per heavy atom. The molecule has 2 fully saturated rings. The van der Waals surface area contributed by atoms with Crippen LogP contribution in [-0.2, 0) is 24.8 Å². The van der Waals surface area contributed by atoms with Gasteiger partial charge in [-0.2, -0.15) is 5.10 Å². The summed E-state index contributed by atoms with van der Waals surface area (Å²) in [6.07, 6.45) is 10.6. The zero-order chi connectivity index (χ0) is 22.8. The van der Waals surface area contributed by atoms with Gasteiger partial charge in [-0.05, 0) is 75.3 Å². The first-order valence-electron chi connectivity index (χ1n) is 12.4. The van der Waals surface area contributed by atoms with Crippen molar-refractivity contribution in [3.05, 3.63) is 48.0 Å². The number of hydrogen-bond acceptors (Lipinski definition) is 5. The molecule has 33 heavy (non-hydrogen) atoms. The average Bonchev–Trinajstić information content (AvgIpc) is 3.39. The summed E-state index contributed by atoms with van der Waals surface area (Å²) in [4.78, 5) is 22.1. The first-order valence-corrected chi connectivity index (χ1v) is 12.4. The van der Waals surface area contributed by atoms with E-state index in [2.05, 4.69) is 51.1 Å². The van der Waals surface area contributed by atoms with Crippen molar-refractivity contribution in [2.45, 2.75) is 58.0 Å². The predicted octanol–water partition coefficient (Wildman–Crippen LogP) is 4.22. The molecule has 0 aliphatic carbocycles. The third kappa shape index (κ3) is 5.02. The van der Waals surface area contributed by atoms with Crippen molar-refractivity contribution >= 4 is 16.6 Å². The summed E-state index contributed by atoms with van der Waals surface area (Å²) >= 11 is 0. The molecule has 2 aliphatic rings. The van der Waals surface area contributed by atoms with Crippen LogP contribution in [-0.4, -0.2) is 62.6 Å². The molecular formula is C27H35N5O. The topological polar surface area (TPSA) is 54.3 Å². The standard InChI is InChI=1S/C27H35N5O/c1-20-7-6-12-32(20)18-25(33)15-24-14-23-13-21(8-9-22(23)16-28-24)26-17-29-30(2)27(26)19-31-10-4-3-5-11-31/h8-9,13-14,16-17,20H,3-7,10-12,15,18-19H2,1-2H3/t20-/m0/s1. The summed E-state index contributed by atoms with van der Waals surface area (Å²) in [5.74, 6) is 0.253. The second-order valence-corrected chi connectivity index (χ2v) is 9.88. The highest BCUT2D eigenvalue weighted by molar-refractivity contribution is 5.89. The van der Waals surface area contributed by atoms with Crippen molar-refractivity contribution in [3.63, 3.8) is 0 Å². The highest BCUT2D eigenvalue weighted by atomic mass is 16.1. The third-order valence-electron chi connectivity index (χ3n) is 7.42. The summed E-state index contributed by atoms with van der Waals surface area (Å²) in [6, 6.07) is 9.13. The van der Waals surface area contributed by atoms with E-state index in [-0.39, 0.29) is 5.78 Å². The number of hydrogen-bond donors (Lipinski definition) is 0. The van der Waals surface area contributed by atoms with E-state index in [1.54, 1.807) is 0 Å². The number of likely N-dealkylation sites (tertiary alicyclic amines) is 2. The molecule has 2 aromatic heterocycles. The number of carbonyl (C=O) groups excluding carboxylic acids is 1. The van der Waals surface area contributed by atoms with Crippen molar-refractivity contribution < 1.29 is 4.79 Å². The highest BCUT2D eigenvalue weighted by Gasteiger charge is 2.22. The van der Waals surface area contributed by atoms with Crippen LogP contribution in [0.5, 0.6) is 0 Å². The lowest BCUT2D eigenvalue weighted by atomic mass is 10.0. The Morgan fingerprint density at radius 2 is 1.88 bits per heavy atom. The predicted molar refractivity (Wildman–Crippen MR) is 132 cm³/mol. The normalized spacial score (nSPS) is 20.0. The summed E-state index contributed by atoms with van der Waals surface area (Å²) < 4.78 is 2.02. The molecule has 174 valence electrons. The van der Waals surface area contributed by atoms with Crippen LogP contribution in [0.25, 0.3) is 21.9 Å². The van der Waals surface area contributed by atoms with Crippen LogP contribution in [0.3, 0.4) is 0 Å². The van der Waals surface area contributed by atoms with Gasteiger partial charge in [-0.1, -0.05) is 18.6 Å². The smallest absolute Gasteiger partial charge is 0.152 e. The van der Waals surface area contributed by atoms with Gasteiger partial charge >= 0.3 is 0 Å². The van der Waals surface area contributed by atoms with Gasteiger partial charge in [0.1, 0.15) is 0 Å². The van der Waals surface area contributed by atoms with Crippen molar-refractivity contribution in [2.24, 2.45) is 7.05 Å². The Hall–Kier alpha value is -2.57. The number of rotatable bonds is 7. The highest BCUT2D eigenvalue weighted by Crippen LogP contribution is 2.29. The minimum absolute atomic E-state index is 0.253. The van der Waals surface area contributed by atoms with Crippen molar-refractivity contribution in [3.8, 4) is 11.1 Å². The molecule has 0 saturated carbocycles. The number of nitrogens with zero attached hydrogens (tertiary/aromatic N) is 5. The van der Waals surface area contributed by atoms with E-state index >= 15 is 0 Å². The van der Waals surface area contributed by atoms with Gasteiger partial charge in [0.25, 0.3) is 0 Å². The van der Waals surface area contributed by atoms with Crippen LogP contribution in [0.2, 0.25) is 0 Å². The molecule has 0 spiro atoms. The van der Waals surface area contributed by atoms with Gasteiger partial charge in [0.2, 0.25) is 0 Å². The van der Waals surface area contributed by atoms with E-state index < -0.39 is 0 Å². The molecule has 0 amide bonds. The summed E-state index contributed by atoms with van der Waals surface area (Å²) in [5.41, 5.74) is 4.50. The zero-order valence-corrected chi connectivity index (χ0v) is 20.0. The number of carbonyl (C=O) groups is 1. The van der Waals surface area contributed by atoms with E-state index in [0.717, 1.165) is 29.6 Å². The first kappa shape index (κ1) is 22.2. The maximum atomic E-state index is 12.7. The molecule has 4 heterocycles. The first-order chi connectivity index (χ1) is 16.1. The average molecular weight is 446 g/mol. The van der Waals surface area contributed by atoms with Gasteiger partial charge in [0, 0.05) is 42.5 Å². The molecule has 0 unspecified atom stereocenters. The number of fused-ring (bicyclic) bond motifs is 1. The van der Waals surface area contributed by atoms with E-state index in [1.165, 1.54) is 62.0 Å². The molecule has 0 N–H and O–H groups in total. The molecule has 6 nitrogen and oxygen atoms in total. The Labute approximate surface area is 196 Å². The lowest BCUT2D eigenvalue weighted by molar-refractivity contribution is -0.119. The monoisotopic (exact) mass is 445 g/mol. The molecule has 1 atom stereocenters. The van der Waals surface area contributed by atoms with Crippen LogP contribution in [0, 0.1) is 0 Å². The zero-order valence-electron chi connectivity index (χ0n) is 20.0. The summed E-state index contributed by atoms with van der Waals surface area (Å²) in [5, 5.41) is 6.81. The van der Waals surface area contributed by atoms with E-state index in [9.17, 15) is 4.79 Å².